The monoisotopic (exact) mass is 228 g/mol. The van der Waals surface area contributed by atoms with Crippen molar-refractivity contribution in [2.75, 3.05) is 31.6 Å². The molecular formula is C12H24N2S. The molecule has 0 aromatic rings. The number of thioether (sulfide) groups is 1. The topological polar surface area (TPSA) is 15.3 Å². The summed E-state index contributed by atoms with van der Waals surface area (Å²) in [6, 6.07) is 1.76. The van der Waals surface area contributed by atoms with Gasteiger partial charge in [-0.3, -0.25) is 4.90 Å². The van der Waals surface area contributed by atoms with E-state index in [1.807, 2.05) is 11.8 Å². The Bertz CT molecular complexity index is 182. The van der Waals surface area contributed by atoms with Crippen LogP contribution in [0.2, 0.25) is 0 Å². The standard InChI is InChI=1S/C12H24N2S/c1-15-9-3-2-7-13-11-6-8-14(10-11)12-4-5-12/h11-13H,2-10H2,1H3. The normalized spacial score (nSPS) is 27.4. The molecule has 2 rings (SSSR count). The third-order valence-corrected chi connectivity index (χ3v) is 4.19. The Morgan fingerprint density at radius 2 is 2.13 bits per heavy atom. The van der Waals surface area contributed by atoms with Crippen molar-refractivity contribution in [2.45, 2.75) is 44.2 Å². The van der Waals surface area contributed by atoms with E-state index in [9.17, 15) is 0 Å². The first-order chi connectivity index (χ1) is 7.40. The van der Waals surface area contributed by atoms with Gasteiger partial charge in [-0.15, -0.1) is 0 Å². The Hall–Kier alpha value is 0.270. The van der Waals surface area contributed by atoms with Crippen LogP contribution < -0.4 is 5.32 Å². The molecule has 2 nitrogen and oxygen atoms in total. The average molecular weight is 228 g/mol. The van der Waals surface area contributed by atoms with Gasteiger partial charge in [0.05, 0.1) is 0 Å². The molecule has 2 fully saturated rings. The lowest BCUT2D eigenvalue weighted by molar-refractivity contribution is 0.317. The van der Waals surface area contributed by atoms with Crippen LogP contribution in [0.1, 0.15) is 32.1 Å². The lowest BCUT2D eigenvalue weighted by atomic mass is 10.2. The Morgan fingerprint density at radius 1 is 1.27 bits per heavy atom. The number of nitrogens with one attached hydrogen (secondary N) is 1. The molecule has 1 aliphatic heterocycles. The predicted molar refractivity (Wildman–Crippen MR) is 68.6 cm³/mol. The minimum Gasteiger partial charge on any atom is -0.313 e. The van der Waals surface area contributed by atoms with Crippen LogP contribution in [0.15, 0.2) is 0 Å². The maximum absolute atomic E-state index is 3.70. The highest BCUT2D eigenvalue weighted by atomic mass is 32.2. The zero-order valence-electron chi connectivity index (χ0n) is 9.87. The molecule has 0 amide bonds. The molecule has 1 aliphatic carbocycles. The summed E-state index contributed by atoms with van der Waals surface area (Å²) >= 11 is 1.96. The molecule has 3 heteroatoms. The molecule has 1 saturated carbocycles. The van der Waals surface area contributed by atoms with Crippen molar-refractivity contribution in [2.24, 2.45) is 0 Å². The van der Waals surface area contributed by atoms with Crippen molar-refractivity contribution in [3.8, 4) is 0 Å². The Morgan fingerprint density at radius 3 is 2.87 bits per heavy atom. The highest BCUT2D eigenvalue weighted by molar-refractivity contribution is 7.98. The van der Waals surface area contributed by atoms with Crippen LogP contribution in [0.5, 0.6) is 0 Å². The van der Waals surface area contributed by atoms with E-state index in [0.717, 1.165) is 12.1 Å². The van der Waals surface area contributed by atoms with Gasteiger partial charge in [0.1, 0.15) is 0 Å². The van der Waals surface area contributed by atoms with Gasteiger partial charge in [-0.1, -0.05) is 0 Å². The van der Waals surface area contributed by atoms with Crippen LogP contribution in [0, 0.1) is 0 Å². The molecule has 1 unspecified atom stereocenters. The highest BCUT2D eigenvalue weighted by Crippen LogP contribution is 2.29. The van der Waals surface area contributed by atoms with Crippen LogP contribution in [-0.4, -0.2) is 48.6 Å². The first-order valence-corrected chi connectivity index (χ1v) is 7.76. The second kappa shape index (κ2) is 6.12. The van der Waals surface area contributed by atoms with Crippen molar-refractivity contribution in [1.82, 2.24) is 10.2 Å². The molecule has 1 N–H and O–H groups in total. The summed E-state index contributed by atoms with van der Waals surface area (Å²) < 4.78 is 0. The summed E-state index contributed by atoms with van der Waals surface area (Å²) in [5.74, 6) is 1.32. The maximum atomic E-state index is 3.70. The average Bonchev–Trinajstić information content (AvgIpc) is 2.99. The molecule has 1 heterocycles. The zero-order chi connectivity index (χ0) is 10.5. The molecule has 2 aliphatic rings. The number of unbranched alkanes of at least 4 members (excludes halogenated alkanes) is 1. The van der Waals surface area contributed by atoms with Gasteiger partial charge in [-0.05, 0) is 50.7 Å². The highest BCUT2D eigenvalue weighted by Gasteiger charge is 2.33. The van der Waals surface area contributed by atoms with Gasteiger partial charge in [0, 0.05) is 25.2 Å². The van der Waals surface area contributed by atoms with E-state index >= 15 is 0 Å². The summed E-state index contributed by atoms with van der Waals surface area (Å²) in [4.78, 5) is 2.68. The molecule has 0 spiro atoms. The lowest BCUT2D eigenvalue weighted by Crippen LogP contribution is -2.33. The second-order valence-electron chi connectivity index (χ2n) is 4.87. The third kappa shape index (κ3) is 3.97. The van der Waals surface area contributed by atoms with E-state index in [1.165, 1.54) is 57.5 Å². The molecule has 0 aromatic carbocycles. The van der Waals surface area contributed by atoms with Crippen LogP contribution in [0.4, 0.5) is 0 Å². The van der Waals surface area contributed by atoms with E-state index in [1.54, 1.807) is 0 Å². The molecule has 15 heavy (non-hydrogen) atoms. The minimum absolute atomic E-state index is 0.792. The molecular weight excluding hydrogens is 204 g/mol. The third-order valence-electron chi connectivity index (χ3n) is 3.49. The quantitative estimate of drug-likeness (QED) is 0.671. The SMILES string of the molecule is CSCCCCNC1CCN(C2CC2)C1. The number of nitrogens with zero attached hydrogens (tertiary/aromatic N) is 1. The van der Waals surface area contributed by atoms with E-state index in [-0.39, 0.29) is 0 Å². The molecule has 88 valence electrons. The summed E-state index contributed by atoms with van der Waals surface area (Å²) in [7, 11) is 0. The van der Waals surface area contributed by atoms with Crippen molar-refractivity contribution in [1.29, 1.82) is 0 Å². The van der Waals surface area contributed by atoms with E-state index in [0.29, 0.717) is 0 Å². The zero-order valence-corrected chi connectivity index (χ0v) is 10.7. The van der Waals surface area contributed by atoms with Gasteiger partial charge in [-0.25, -0.2) is 0 Å². The van der Waals surface area contributed by atoms with E-state index < -0.39 is 0 Å². The lowest BCUT2D eigenvalue weighted by Gasteiger charge is -2.15. The number of hydrogen-bond acceptors (Lipinski definition) is 3. The molecule has 0 aromatic heterocycles. The smallest absolute Gasteiger partial charge is 0.0207 e. The fraction of sp³-hybridized carbons (Fsp3) is 1.00. The first kappa shape index (κ1) is 11.7. The molecule has 0 radical (unpaired) electrons. The summed E-state index contributed by atoms with van der Waals surface area (Å²) in [5, 5.41) is 3.70. The van der Waals surface area contributed by atoms with Crippen molar-refractivity contribution < 1.29 is 0 Å². The van der Waals surface area contributed by atoms with Gasteiger partial charge < -0.3 is 5.32 Å². The van der Waals surface area contributed by atoms with E-state index in [2.05, 4.69) is 16.5 Å². The predicted octanol–water partition coefficient (Wildman–Crippen LogP) is 1.96. The second-order valence-corrected chi connectivity index (χ2v) is 5.85. The first-order valence-electron chi connectivity index (χ1n) is 6.36. The van der Waals surface area contributed by atoms with Gasteiger partial charge in [-0.2, -0.15) is 11.8 Å². The summed E-state index contributed by atoms with van der Waals surface area (Å²) in [6.45, 7) is 3.88. The van der Waals surface area contributed by atoms with Crippen molar-refractivity contribution in [3.05, 3.63) is 0 Å². The Balaban J connectivity index is 1.49. The van der Waals surface area contributed by atoms with Crippen molar-refractivity contribution in [3.63, 3.8) is 0 Å². The van der Waals surface area contributed by atoms with Crippen LogP contribution in [-0.2, 0) is 0 Å². The van der Waals surface area contributed by atoms with Gasteiger partial charge in [0.15, 0.2) is 0 Å². The van der Waals surface area contributed by atoms with Crippen LogP contribution in [0.25, 0.3) is 0 Å². The number of rotatable bonds is 7. The van der Waals surface area contributed by atoms with Gasteiger partial charge >= 0.3 is 0 Å². The fourth-order valence-corrected chi connectivity index (χ4v) is 2.90. The molecule has 1 saturated heterocycles. The van der Waals surface area contributed by atoms with E-state index in [4.69, 9.17) is 0 Å². The molecule has 0 bridgehead atoms. The maximum Gasteiger partial charge on any atom is 0.0207 e. The van der Waals surface area contributed by atoms with Crippen LogP contribution >= 0.6 is 11.8 Å². The fourth-order valence-electron chi connectivity index (χ4n) is 2.40. The van der Waals surface area contributed by atoms with Crippen molar-refractivity contribution >= 4 is 11.8 Å². The summed E-state index contributed by atoms with van der Waals surface area (Å²) in [6.07, 6.45) is 9.20. The summed E-state index contributed by atoms with van der Waals surface area (Å²) in [5.41, 5.74) is 0. The minimum atomic E-state index is 0.792. The van der Waals surface area contributed by atoms with Gasteiger partial charge in [0.2, 0.25) is 0 Å². The Labute approximate surface area is 98.2 Å². The molecule has 1 atom stereocenters. The van der Waals surface area contributed by atoms with Gasteiger partial charge in [0.25, 0.3) is 0 Å². The number of hydrogen-bond donors (Lipinski definition) is 1. The number of likely N-dealkylation sites (tertiary alicyclic amines) is 1. The Kier molecular flexibility index (Phi) is 4.79. The van der Waals surface area contributed by atoms with Crippen LogP contribution in [0.3, 0.4) is 0 Å². The largest absolute Gasteiger partial charge is 0.313 e.